The SMILES string of the molecule is Cc1c(/C=C2/SC(N)=NC2=O)cnn1C. The molecule has 0 radical (unpaired) electrons. The number of nitrogens with zero attached hydrogens (tertiary/aromatic N) is 3. The fourth-order valence-corrected chi connectivity index (χ4v) is 1.90. The Morgan fingerprint density at radius 2 is 2.33 bits per heavy atom. The van der Waals surface area contributed by atoms with E-state index >= 15 is 0 Å². The van der Waals surface area contributed by atoms with Crippen molar-refractivity contribution < 1.29 is 4.79 Å². The van der Waals surface area contributed by atoms with Gasteiger partial charge >= 0.3 is 0 Å². The zero-order valence-corrected chi connectivity index (χ0v) is 9.21. The molecule has 0 atom stereocenters. The quantitative estimate of drug-likeness (QED) is 0.708. The first-order valence-corrected chi connectivity index (χ1v) is 5.16. The third kappa shape index (κ3) is 1.80. The number of rotatable bonds is 1. The van der Waals surface area contributed by atoms with Gasteiger partial charge in [0.05, 0.1) is 11.1 Å². The van der Waals surface area contributed by atoms with Crippen LogP contribution in [-0.2, 0) is 11.8 Å². The summed E-state index contributed by atoms with van der Waals surface area (Å²) in [5, 5.41) is 4.38. The van der Waals surface area contributed by atoms with Gasteiger partial charge in [-0.2, -0.15) is 10.1 Å². The van der Waals surface area contributed by atoms with Crippen LogP contribution < -0.4 is 5.73 Å². The number of thioether (sulfide) groups is 1. The van der Waals surface area contributed by atoms with Gasteiger partial charge in [-0.3, -0.25) is 9.48 Å². The molecule has 0 bridgehead atoms. The smallest absolute Gasteiger partial charge is 0.286 e. The Morgan fingerprint density at radius 1 is 1.60 bits per heavy atom. The van der Waals surface area contributed by atoms with E-state index in [1.54, 1.807) is 17.0 Å². The summed E-state index contributed by atoms with van der Waals surface area (Å²) < 4.78 is 1.75. The number of carbonyl (C=O) groups excluding carboxylic acids is 1. The molecule has 1 aliphatic heterocycles. The Bertz CT molecular complexity index is 486. The second kappa shape index (κ2) is 3.54. The van der Waals surface area contributed by atoms with Crippen LogP contribution in [0, 0.1) is 6.92 Å². The monoisotopic (exact) mass is 222 g/mol. The zero-order chi connectivity index (χ0) is 11.0. The highest BCUT2D eigenvalue weighted by Gasteiger charge is 2.19. The van der Waals surface area contributed by atoms with Crippen molar-refractivity contribution in [1.82, 2.24) is 9.78 Å². The summed E-state index contributed by atoms with van der Waals surface area (Å²) >= 11 is 1.19. The van der Waals surface area contributed by atoms with Gasteiger partial charge in [-0.25, -0.2) is 0 Å². The highest BCUT2D eigenvalue weighted by atomic mass is 32.2. The van der Waals surface area contributed by atoms with Gasteiger partial charge in [-0.05, 0) is 24.8 Å². The number of amidine groups is 1. The third-order valence-electron chi connectivity index (χ3n) is 2.20. The van der Waals surface area contributed by atoms with Crippen molar-refractivity contribution in [3.8, 4) is 0 Å². The van der Waals surface area contributed by atoms with Gasteiger partial charge in [0.1, 0.15) is 0 Å². The lowest BCUT2D eigenvalue weighted by Crippen LogP contribution is -2.01. The molecule has 0 aromatic carbocycles. The Kier molecular flexibility index (Phi) is 2.36. The molecule has 1 amide bonds. The molecular weight excluding hydrogens is 212 g/mol. The minimum atomic E-state index is -0.277. The van der Waals surface area contributed by atoms with Gasteiger partial charge in [-0.1, -0.05) is 0 Å². The molecule has 2 heterocycles. The minimum absolute atomic E-state index is 0.277. The van der Waals surface area contributed by atoms with Gasteiger partial charge in [0.15, 0.2) is 5.17 Å². The number of aromatic nitrogens is 2. The summed E-state index contributed by atoms with van der Waals surface area (Å²) in [5.74, 6) is -0.277. The topological polar surface area (TPSA) is 73.3 Å². The molecule has 1 aromatic heterocycles. The first-order chi connectivity index (χ1) is 7.08. The van der Waals surface area contributed by atoms with Gasteiger partial charge in [0.25, 0.3) is 5.91 Å². The summed E-state index contributed by atoms with van der Waals surface area (Å²) in [7, 11) is 1.85. The second-order valence-corrected chi connectivity index (χ2v) is 4.24. The maximum Gasteiger partial charge on any atom is 0.286 e. The molecule has 2 N–H and O–H groups in total. The average molecular weight is 222 g/mol. The molecule has 15 heavy (non-hydrogen) atoms. The number of carbonyl (C=O) groups is 1. The summed E-state index contributed by atoms with van der Waals surface area (Å²) in [5.41, 5.74) is 7.36. The van der Waals surface area contributed by atoms with Crippen molar-refractivity contribution in [3.63, 3.8) is 0 Å². The van der Waals surface area contributed by atoms with Crippen molar-refractivity contribution in [2.75, 3.05) is 0 Å². The normalized spacial score (nSPS) is 18.7. The van der Waals surface area contributed by atoms with Gasteiger partial charge in [0.2, 0.25) is 0 Å². The van der Waals surface area contributed by atoms with Crippen molar-refractivity contribution >= 4 is 28.9 Å². The molecule has 0 fully saturated rings. The lowest BCUT2D eigenvalue weighted by Gasteiger charge is -1.95. The van der Waals surface area contributed by atoms with Crippen LogP contribution in [0.2, 0.25) is 0 Å². The third-order valence-corrected chi connectivity index (χ3v) is 3.01. The van der Waals surface area contributed by atoms with E-state index in [0.29, 0.717) is 10.1 Å². The van der Waals surface area contributed by atoms with Gasteiger partial charge in [-0.15, -0.1) is 0 Å². The molecule has 78 valence electrons. The number of amides is 1. The van der Waals surface area contributed by atoms with E-state index in [4.69, 9.17) is 5.73 Å². The van der Waals surface area contributed by atoms with Gasteiger partial charge in [0, 0.05) is 18.3 Å². The molecule has 2 rings (SSSR count). The van der Waals surface area contributed by atoms with E-state index in [-0.39, 0.29) is 5.91 Å². The summed E-state index contributed by atoms with van der Waals surface area (Å²) in [6, 6.07) is 0. The van der Waals surface area contributed by atoms with Crippen LogP contribution in [0.25, 0.3) is 6.08 Å². The number of nitrogens with two attached hydrogens (primary N) is 1. The number of hydrogen-bond acceptors (Lipinski definition) is 4. The lowest BCUT2D eigenvalue weighted by molar-refractivity contribution is -0.113. The van der Waals surface area contributed by atoms with Gasteiger partial charge < -0.3 is 5.73 Å². The zero-order valence-electron chi connectivity index (χ0n) is 8.39. The Balaban J connectivity index is 2.33. The van der Waals surface area contributed by atoms with Crippen LogP contribution in [0.15, 0.2) is 16.1 Å². The summed E-state index contributed by atoms with van der Waals surface area (Å²) in [6.45, 7) is 1.94. The molecule has 1 aromatic rings. The molecule has 0 aliphatic carbocycles. The number of aryl methyl sites for hydroxylation is 1. The Morgan fingerprint density at radius 3 is 2.80 bits per heavy atom. The highest BCUT2D eigenvalue weighted by Crippen LogP contribution is 2.26. The van der Waals surface area contributed by atoms with Crippen LogP contribution >= 0.6 is 11.8 Å². The molecular formula is C9H10N4OS. The van der Waals surface area contributed by atoms with E-state index in [1.165, 1.54) is 11.8 Å². The minimum Gasteiger partial charge on any atom is -0.378 e. The van der Waals surface area contributed by atoms with Crippen molar-refractivity contribution in [2.24, 2.45) is 17.8 Å². The standard InChI is InChI=1S/C9H10N4OS/c1-5-6(4-11-13(5)2)3-7-8(14)12-9(10)15-7/h3-4H,1-2H3,(H2,10,12,14)/b7-3+. The first kappa shape index (κ1) is 9.97. The molecule has 1 aliphatic rings. The molecule has 0 saturated heterocycles. The van der Waals surface area contributed by atoms with E-state index in [9.17, 15) is 4.79 Å². The van der Waals surface area contributed by atoms with Crippen LogP contribution in [0.4, 0.5) is 0 Å². The number of hydrogen-bond donors (Lipinski definition) is 1. The average Bonchev–Trinajstić information content (AvgIpc) is 2.64. The first-order valence-electron chi connectivity index (χ1n) is 4.34. The molecule has 5 nitrogen and oxygen atoms in total. The summed E-state index contributed by atoms with van der Waals surface area (Å²) in [4.78, 5) is 15.5. The van der Waals surface area contributed by atoms with E-state index in [2.05, 4.69) is 10.1 Å². The summed E-state index contributed by atoms with van der Waals surface area (Å²) in [6.07, 6.45) is 3.48. The largest absolute Gasteiger partial charge is 0.378 e. The van der Waals surface area contributed by atoms with Crippen molar-refractivity contribution in [2.45, 2.75) is 6.92 Å². The van der Waals surface area contributed by atoms with Crippen LogP contribution in [0.1, 0.15) is 11.3 Å². The fraction of sp³-hybridized carbons (Fsp3) is 0.222. The molecule has 0 saturated carbocycles. The van der Waals surface area contributed by atoms with Crippen molar-refractivity contribution in [3.05, 3.63) is 22.4 Å². The fourth-order valence-electron chi connectivity index (χ4n) is 1.22. The lowest BCUT2D eigenvalue weighted by atomic mass is 10.2. The predicted octanol–water partition coefficient (Wildman–Crippen LogP) is 0.658. The van der Waals surface area contributed by atoms with Crippen molar-refractivity contribution in [1.29, 1.82) is 0 Å². The van der Waals surface area contributed by atoms with E-state index < -0.39 is 0 Å². The van der Waals surface area contributed by atoms with E-state index in [0.717, 1.165) is 11.3 Å². The molecule has 0 spiro atoms. The molecule has 6 heteroatoms. The maximum absolute atomic E-state index is 11.3. The van der Waals surface area contributed by atoms with Crippen LogP contribution in [0.5, 0.6) is 0 Å². The Hall–Kier alpha value is -1.56. The predicted molar refractivity (Wildman–Crippen MR) is 60.1 cm³/mol. The maximum atomic E-state index is 11.3. The molecule has 0 unspecified atom stereocenters. The van der Waals surface area contributed by atoms with Crippen LogP contribution in [0.3, 0.4) is 0 Å². The van der Waals surface area contributed by atoms with E-state index in [1.807, 2.05) is 14.0 Å². The second-order valence-electron chi connectivity index (χ2n) is 3.17. The Labute approximate surface area is 91.1 Å². The highest BCUT2D eigenvalue weighted by molar-refractivity contribution is 8.18. The van der Waals surface area contributed by atoms with Crippen LogP contribution in [-0.4, -0.2) is 20.9 Å². The number of aliphatic imine (C=N–C) groups is 1.